The number of piperazine rings is 1. The number of carbonyl (C=O) groups excluding carboxylic acids is 1. The van der Waals surface area contributed by atoms with E-state index in [4.69, 9.17) is 0 Å². The monoisotopic (exact) mass is 359 g/mol. The molecule has 26 heavy (non-hydrogen) atoms. The zero-order valence-electron chi connectivity index (χ0n) is 15.9. The summed E-state index contributed by atoms with van der Waals surface area (Å²) in [6, 6.07) is 0. The first-order valence-electron chi connectivity index (χ1n) is 8.80. The highest BCUT2D eigenvalue weighted by atomic mass is 16.2. The van der Waals surface area contributed by atoms with E-state index in [2.05, 4.69) is 24.1 Å². The Kier molecular flexibility index (Phi) is 4.47. The molecule has 2 aromatic rings. The molecule has 0 unspecified atom stereocenters. The fourth-order valence-electron chi connectivity index (χ4n) is 3.62. The maximum absolute atomic E-state index is 13.1. The van der Waals surface area contributed by atoms with Crippen molar-refractivity contribution in [3.63, 3.8) is 0 Å². The Morgan fingerprint density at radius 1 is 1.27 bits per heavy atom. The van der Waals surface area contributed by atoms with Crippen LogP contribution in [-0.2, 0) is 20.5 Å². The number of fused-ring (bicyclic) bond motifs is 1. The predicted octanol–water partition coefficient (Wildman–Crippen LogP) is 0.0186. The van der Waals surface area contributed by atoms with E-state index in [0.29, 0.717) is 41.7 Å². The molecule has 0 spiro atoms. The minimum absolute atomic E-state index is 0.123. The molecule has 2 aromatic heterocycles. The van der Waals surface area contributed by atoms with Crippen LogP contribution in [0.5, 0.6) is 0 Å². The molecule has 1 saturated heterocycles. The van der Waals surface area contributed by atoms with Crippen molar-refractivity contribution in [1.82, 2.24) is 24.3 Å². The van der Waals surface area contributed by atoms with Gasteiger partial charge in [-0.15, -0.1) is 0 Å². The molecular weight excluding hydrogens is 334 g/mol. The van der Waals surface area contributed by atoms with Crippen molar-refractivity contribution in [2.24, 2.45) is 14.1 Å². The molecule has 0 bridgehead atoms. The predicted molar refractivity (Wildman–Crippen MR) is 99.6 cm³/mol. The van der Waals surface area contributed by atoms with Crippen molar-refractivity contribution in [1.29, 1.82) is 0 Å². The number of nitrogens with one attached hydrogen (secondary N) is 1. The first-order valence-corrected chi connectivity index (χ1v) is 8.80. The molecule has 1 fully saturated rings. The Balaban J connectivity index is 2.20. The van der Waals surface area contributed by atoms with Gasteiger partial charge in [0.15, 0.2) is 0 Å². The molecule has 1 N–H and O–H groups in total. The standard InChI is InChI=1S/C18H25N5O3/c1-6-11-12(15(24)23-8-7-20-18(2,3)10-23)9-19-14-13(11)16(25)22(5)17(26)21(14)4/h9,20H,6-8,10H2,1-5H3. The Bertz CT molecular complexity index is 1000. The van der Waals surface area contributed by atoms with Gasteiger partial charge in [-0.3, -0.25) is 18.7 Å². The van der Waals surface area contributed by atoms with Crippen LogP contribution in [0.3, 0.4) is 0 Å². The highest BCUT2D eigenvalue weighted by Crippen LogP contribution is 2.21. The molecule has 1 aliphatic rings. The van der Waals surface area contributed by atoms with Crippen LogP contribution in [0.25, 0.3) is 11.0 Å². The summed E-state index contributed by atoms with van der Waals surface area (Å²) in [6.45, 7) is 7.91. The van der Waals surface area contributed by atoms with Gasteiger partial charge in [-0.2, -0.15) is 0 Å². The average Bonchev–Trinajstić information content (AvgIpc) is 2.61. The maximum atomic E-state index is 13.1. The largest absolute Gasteiger partial charge is 0.335 e. The molecule has 8 heteroatoms. The molecule has 0 aromatic carbocycles. The zero-order chi connectivity index (χ0) is 19.2. The van der Waals surface area contributed by atoms with E-state index < -0.39 is 11.2 Å². The number of carbonyl (C=O) groups is 1. The van der Waals surface area contributed by atoms with Gasteiger partial charge in [0.1, 0.15) is 5.65 Å². The van der Waals surface area contributed by atoms with Gasteiger partial charge in [0.05, 0.1) is 10.9 Å². The van der Waals surface area contributed by atoms with Crippen molar-refractivity contribution < 1.29 is 4.79 Å². The van der Waals surface area contributed by atoms with Crippen LogP contribution < -0.4 is 16.6 Å². The molecular formula is C18H25N5O3. The van der Waals surface area contributed by atoms with Crippen molar-refractivity contribution in [3.05, 3.63) is 38.2 Å². The average molecular weight is 359 g/mol. The van der Waals surface area contributed by atoms with E-state index in [1.807, 2.05) is 6.92 Å². The zero-order valence-corrected chi connectivity index (χ0v) is 15.9. The van der Waals surface area contributed by atoms with Gasteiger partial charge < -0.3 is 10.2 Å². The summed E-state index contributed by atoms with van der Waals surface area (Å²) in [5.74, 6) is -0.123. The third-order valence-corrected chi connectivity index (χ3v) is 5.02. The number of aromatic nitrogens is 3. The number of amides is 1. The molecule has 140 valence electrons. The fourth-order valence-corrected chi connectivity index (χ4v) is 3.62. The van der Waals surface area contributed by atoms with Gasteiger partial charge >= 0.3 is 5.69 Å². The summed E-state index contributed by atoms with van der Waals surface area (Å²) in [5.41, 5.74) is 0.390. The van der Waals surface area contributed by atoms with Crippen LogP contribution in [0.4, 0.5) is 0 Å². The lowest BCUT2D eigenvalue weighted by molar-refractivity contribution is 0.0651. The highest BCUT2D eigenvalue weighted by Gasteiger charge is 2.31. The molecule has 0 aliphatic carbocycles. The number of nitrogens with zero attached hydrogens (tertiary/aromatic N) is 4. The first-order chi connectivity index (χ1) is 12.2. The van der Waals surface area contributed by atoms with Gasteiger partial charge in [-0.1, -0.05) is 6.92 Å². The molecule has 3 rings (SSSR count). The second-order valence-corrected chi connectivity index (χ2v) is 7.45. The van der Waals surface area contributed by atoms with E-state index in [9.17, 15) is 14.4 Å². The van der Waals surface area contributed by atoms with Crippen molar-refractivity contribution in [2.45, 2.75) is 32.7 Å². The number of aryl methyl sites for hydroxylation is 2. The second-order valence-electron chi connectivity index (χ2n) is 7.45. The molecule has 0 saturated carbocycles. The Labute approximate surface area is 151 Å². The van der Waals surface area contributed by atoms with Crippen molar-refractivity contribution in [2.75, 3.05) is 19.6 Å². The molecule has 8 nitrogen and oxygen atoms in total. The van der Waals surface area contributed by atoms with Gasteiger partial charge in [-0.05, 0) is 25.8 Å². The van der Waals surface area contributed by atoms with Crippen LogP contribution >= 0.6 is 0 Å². The lowest BCUT2D eigenvalue weighted by Gasteiger charge is -2.39. The molecule has 0 atom stereocenters. The van der Waals surface area contributed by atoms with Crippen LogP contribution in [-0.4, -0.2) is 50.1 Å². The third kappa shape index (κ3) is 2.84. The topological polar surface area (TPSA) is 89.2 Å². The number of pyridine rings is 1. The number of rotatable bonds is 2. The summed E-state index contributed by atoms with van der Waals surface area (Å²) in [7, 11) is 3.02. The third-order valence-electron chi connectivity index (χ3n) is 5.02. The summed E-state index contributed by atoms with van der Waals surface area (Å²) in [6.07, 6.45) is 2.00. The minimum atomic E-state index is -0.431. The van der Waals surface area contributed by atoms with Crippen LogP contribution in [0.2, 0.25) is 0 Å². The number of hydrogen-bond donors (Lipinski definition) is 1. The molecule has 1 aliphatic heterocycles. The summed E-state index contributed by atoms with van der Waals surface area (Å²) in [4.78, 5) is 44.1. The normalized spacial score (nSPS) is 16.9. The summed E-state index contributed by atoms with van der Waals surface area (Å²) in [5, 5.41) is 3.73. The lowest BCUT2D eigenvalue weighted by Crippen LogP contribution is -2.58. The fraction of sp³-hybridized carbons (Fsp3) is 0.556. The molecule has 3 heterocycles. The summed E-state index contributed by atoms with van der Waals surface area (Å²) >= 11 is 0. The van der Waals surface area contributed by atoms with Crippen LogP contribution in [0, 0.1) is 0 Å². The Hall–Kier alpha value is -2.48. The van der Waals surface area contributed by atoms with E-state index in [0.717, 1.165) is 11.1 Å². The van der Waals surface area contributed by atoms with E-state index in [1.54, 1.807) is 11.9 Å². The first kappa shape index (κ1) is 18.3. The number of hydrogen-bond acceptors (Lipinski definition) is 5. The highest BCUT2D eigenvalue weighted by molar-refractivity contribution is 5.99. The Morgan fingerprint density at radius 3 is 2.58 bits per heavy atom. The molecule has 1 amide bonds. The van der Waals surface area contributed by atoms with E-state index >= 15 is 0 Å². The van der Waals surface area contributed by atoms with Crippen LogP contribution in [0.15, 0.2) is 15.8 Å². The van der Waals surface area contributed by atoms with Crippen LogP contribution in [0.1, 0.15) is 36.7 Å². The smallest absolute Gasteiger partial charge is 0.332 e. The second kappa shape index (κ2) is 6.35. The quantitative estimate of drug-likeness (QED) is 0.816. The van der Waals surface area contributed by atoms with E-state index in [1.165, 1.54) is 17.8 Å². The lowest BCUT2D eigenvalue weighted by atomic mass is 9.99. The van der Waals surface area contributed by atoms with Gasteiger partial charge in [0.2, 0.25) is 0 Å². The van der Waals surface area contributed by atoms with E-state index in [-0.39, 0.29) is 11.4 Å². The van der Waals surface area contributed by atoms with Gasteiger partial charge in [0.25, 0.3) is 11.5 Å². The van der Waals surface area contributed by atoms with Gasteiger partial charge in [-0.25, -0.2) is 9.78 Å². The molecule has 0 radical (unpaired) electrons. The van der Waals surface area contributed by atoms with Crippen molar-refractivity contribution >= 4 is 16.9 Å². The van der Waals surface area contributed by atoms with Crippen molar-refractivity contribution in [3.8, 4) is 0 Å². The maximum Gasteiger partial charge on any atom is 0.332 e. The minimum Gasteiger partial charge on any atom is -0.335 e. The van der Waals surface area contributed by atoms with Gasteiger partial charge in [0, 0.05) is 45.5 Å². The SMILES string of the molecule is CCc1c(C(=O)N2CCNC(C)(C)C2)cnc2c1c(=O)n(C)c(=O)n2C. The summed E-state index contributed by atoms with van der Waals surface area (Å²) < 4.78 is 2.41. The Morgan fingerprint density at radius 2 is 1.96 bits per heavy atom.